The SMILES string of the molecule is CCn1cc(C(=O)O)c(=O)c2ccc(C3=CCN(O)C=C3)cc21. The Morgan fingerprint density at radius 1 is 1.35 bits per heavy atom. The molecule has 118 valence electrons. The average Bonchev–Trinajstić information content (AvgIpc) is 2.55. The van der Waals surface area contributed by atoms with Gasteiger partial charge in [-0.15, -0.1) is 0 Å². The van der Waals surface area contributed by atoms with Gasteiger partial charge in [-0.25, -0.2) is 4.79 Å². The fraction of sp³-hybridized carbons (Fsp3) is 0.176. The van der Waals surface area contributed by atoms with Gasteiger partial charge in [0.1, 0.15) is 5.56 Å². The summed E-state index contributed by atoms with van der Waals surface area (Å²) in [5, 5.41) is 20.0. The number of rotatable bonds is 3. The minimum Gasteiger partial charge on any atom is -0.477 e. The van der Waals surface area contributed by atoms with Crippen molar-refractivity contribution in [3.63, 3.8) is 0 Å². The Hall–Kier alpha value is -2.86. The van der Waals surface area contributed by atoms with Crippen molar-refractivity contribution >= 4 is 22.4 Å². The summed E-state index contributed by atoms with van der Waals surface area (Å²) in [5.74, 6) is -1.22. The average molecular weight is 312 g/mol. The van der Waals surface area contributed by atoms with Crippen LogP contribution in [-0.4, -0.2) is 32.5 Å². The van der Waals surface area contributed by atoms with E-state index in [0.29, 0.717) is 24.0 Å². The number of aromatic carboxylic acids is 1. The molecule has 2 aromatic rings. The molecule has 0 saturated carbocycles. The second kappa shape index (κ2) is 5.73. The normalized spacial score (nSPS) is 14.2. The maximum Gasteiger partial charge on any atom is 0.341 e. The summed E-state index contributed by atoms with van der Waals surface area (Å²) in [4.78, 5) is 23.5. The number of nitrogens with zero attached hydrogens (tertiary/aromatic N) is 2. The first-order chi connectivity index (χ1) is 11.0. The van der Waals surface area contributed by atoms with E-state index in [4.69, 9.17) is 5.11 Å². The van der Waals surface area contributed by atoms with Crippen LogP contribution in [0.15, 0.2) is 47.5 Å². The molecule has 3 rings (SSSR count). The molecule has 23 heavy (non-hydrogen) atoms. The topological polar surface area (TPSA) is 82.8 Å². The first-order valence-corrected chi connectivity index (χ1v) is 7.26. The van der Waals surface area contributed by atoms with Gasteiger partial charge in [0.25, 0.3) is 0 Å². The van der Waals surface area contributed by atoms with Gasteiger partial charge < -0.3 is 9.67 Å². The minimum absolute atomic E-state index is 0.222. The standard InChI is InChI=1S/C17H16N2O4/c1-2-18-10-14(17(21)22)16(20)13-4-3-12(9-15(13)18)11-5-7-19(23)8-6-11/h3-7,9-10,23H,2,8H2,1H3,(H,21,22). The van der Waals surface area contributed by atoms with E-state index in [-0.39, 0.29) is 5.56 Å². The van der Waals surface area contributed by atoms with Crippen molar-refractivity contribution in [2.75, 3.05) is 6.54 Å². The van der Waals surface area contributed by atoms with Crippen LogP contribution in [0, 0.1) is 0 Å². The number of aromatic nitrogens is 1. The van der Waals surface area contributed by atoms with Crippen LogP contribution in [0.1, 0.15) is 22.8 Å². The largest absolute Gasteiger partial charge is 0.477 e. The highest BCUT2D eigenvalue weighted by Gasteiger charge is 2.15. The van der Waals surface area contributed by atoms with E-state index in [1.165, 1.54) is 6.20 Å². The smallest absolute Gasteiger partial charge is 0.341 e. The molecule has 0 amide bonds. The number of carbonyl (C=O) groups is 1. The summed E-state index contributed by atoms with van der Waals surface area (Å²) in [6, 6.07) is 5.32. The first kappa shape index (κ1) is 15.1. The Balaban J connectivity index is 2.21. The third-order valence-electron chi connectivity index (χ3n) is 3.91. The van der Waals surface area contributed by atoms with Gasteiger partial charge >= 0.3 is 5.97 Å². The fourth-order valence-electron chi connectivity index (χ4n) is 2.69. The van der Waals surface area contributed by atoms with E-state index >= 15 is 0 Å². The van der Waals surface area contributed by atoms with Crippen LogP contribution in [0.2, 0.25) is 0 Å². The molecule has 0 atom stereocenters. The summed E-state index contributed by atoms with van der Waals surface area (Å²) in [5.41, 5.74) is 1.85. The maximum atomic E-state index is 12.3. The second-order valence-corrected chi connectivity index (χ2v) is 5.29. The predicted molar refractivity (Wildman–Crippen MR) is 86.5 cm³/mol. The van der Waals surface area contributed by atoms with E-state index in [0.717, 1.165) is 16.2 Å². The molecule has 1 aromatic heterocycles. The lowest BCUT2D eigenvalue weighted by Gasteiger charge is -2.16. The zero-order valence-corrected chi connectivity index (χ0v) is 12.6. The van der Waals surface area contributed by atoms with E-state index in [1.54, 1.807) is 29.0 Å². The highest BCUT2D eigenvalue weighted by molar-refractivity contribution is 5.93. The Morgan fingerprint density at radius 3 is 2.74 bits per heavy atom. The number of benzene rings is 1. The second-order valence-electron chi connectivity index (χ2n) is 5.29. The lowest BCUT2D eigenvalue weighted by molar-refractivity contribution is -0.0299. The van der Waals surface area contributed by atoms with E-state index < -0.39 is 11.4 Å². The van der Waals surface area contributed by atoms with Crippen molar-refractivity contribution in [3.8, 4) is 0 Å². The molecule has 2 N–H and O–H groups in total. The van der Waals surface area contributed by atoms with Gasteiger partial charge in [0, 0.05) is 24.3 Å². The molecule has 0 aliphatic carbocycles. The van der Waals surface area contributed by atoms with E-state index in [9.17, 15) is 14.8 Å². The molecule has 0 radical (unpaired) electrons. The van der Waals surface area contributed by atoms with Crippen LogP contribution >= 0.6 is 0 Å². The Bertz CT molecular complexity index is 909. The third kappa shape index (κ3) is 2.64. The minimum atomic E-state index is -1.22. The number of carboxylic acids is 1. The summed E-state index contributed by atoms with van der Waals surface area (Å²) in [6.07, 6.45) is 6.61. The van der Waals surface area contributed by atoms with Crippen LogP contribution in [0.5, 0.6) is 0 Å². The maximum absolute atomic E-state index is 12.3. The fourth-order valence-corrected chi connectivity index (χ4v) is 2.69. The summed E-state index contributed by atoms with van der Waals surface area (Å²) >= 11 is 0. The molecule has 1 aliphatic heterocycles. The van der Waals surface area contributed by atoms with E-state index in [2.05, 4.69) is 0 Å². The highest BCUT2D eigenvalue weighted by atomic mass is 16.5. The van der Waals surface area contributed by atoms with Gasteiger partial charge in [-0.3, -0.25) is 15.1 Å². The zero-order valence-electron chi connectivity index (χ0n) is 12.6. The number of carboxylic acid groups (broad SMARTS) is 1. The van der Waals surface area contributed by atoms with Crippen LogP contribution in [0.25, 0.3) is 16.5 Å². The number of hydrogen-bond acceptors (Lipinski definition) is 4. The number of allylic oxidation sites excluding steroid dienone is 2. The number of pyridine rings is 1. The highest BCUT2D eigenvalue weighted by Crippen LogP contribution is 2.23. The van der Waals surface area contributed by atoms with Crippen LogP contribution in [0.3, 0.4) is 0 Å². The van der Waals surface area contributed by atoms with Gasteiger partial charge in [0.15, 0.2) is 0 Å². The van der Waals surface area contributed by atoms with Crippen molar-refractivity contribution < 1.29 is 15.1 Å². The van der Waals surface area contributed by atoms with Gasteiger partial charge in [-0.2, -0.15) is 0 Å². The van der Waals surface area contributed by atoms with Crippen LogP contribution < -0.4 is 5.43 Å². The monoisotopic (exact) mass is 312 g/mol. The van der Waals surface area contributed by atoms with Crippen molar-refractivity contribution in [2.24, 2.45) is 0 Å². The van der Waals surface area contributed by atoms with Crippen molar-refractivity contribution in [2.45, 2.75) is 13.5 Å². The van der Waals surface area contributed by atoms with Crippen molar-refractivity contribution in [3.05, 3.63) is 64.1 Å². The summed E-state index contributed by atoms with van der Waals surface area (Å²) < 4.78 is 1.76. The number of fused-ring (bicyclic) bond motifs is 1. The van der Waals surface area contributed by atoms with Gasteiger partial charge in [-0.05, 0) is 36.3 Å². The molecule has 0 bridgehead atoms. The number of hydrogen-bond donors (Lipinski definition) is 2. The molecule has 0 fully saturated rings. The predicted octanol–water partition coefficient (Wildman–Crippen LogP) is 2.32. The molecular formula is C17H16N2O4. The van der Waals surface area contributed by atoms with Gasteiger partial charge in [0.05, 0.1) is 12.1 Å². The molecule has 0 unspecified atom stereocenters. The Morgan fingerprint density at radius 2 is 2.13 bits per heavy atom. The Labute approximate surface area is 132 Å². The lowest BCUT2D eigenvalue weighted by atomic mass is 10.0. The molecule has 1 aromatic carbocycles. The molecule has 6 heteroatoms. The third-order valence-corrected chi connectivity index (χ3v) is 3.91. The number of aryl methyl sites for hydroxylation is 1. The lowest BCUT2D eigenvalue weighted by Crippen LogP contribution is -2.19. The van der Waals surface area contributed by atoms with E-state index in [1.807, 2.05) is 19.1 Å². The quantitative estimate of drug-likeness (QED) is 0.909. The zero-order chi connectivity index (χ0) is 16.6. The molecule has 2 heterocycles. The van der Waals surface area contributed by atoms with Crippen molar-refractivity contribution in [1.29, 1.82) is 0 Å². The Kier molecular flexibility index (Phi) is 3.75. The van der Waals surface area contributed by atoms with Crippen molar-refractivity contribution in [1.82, 2.24) is 9.63 Å². The van der Waals surface area contributed by atoms with Crippen LogP contribution in [-0.2, 0) is 6.54 Å². The molecule has 0 saturated heterocycles. The van der Waals surface area contributed by atoms with Crippen LogP contribution in [0.4, 0.5) is 0 Å². The molecule has 1 aliphatic rings. The molecule has 0 spiro atoms. The molecule has 6 nitrogen and oxygen atoms in total. The number of hydroxylamine groups is 2. The summed E-state index contributed by atoms with van der Waals surface area (Å²) in [6.45, 7) is 2.84. The summed E-state index contributed by atoms with van der Waals surface area (Å²) in [7, 11) is 0. The van der Waals surface area contributed by atoms with Gasteiger partial charge in [-0.1, -0.05) is 12.1 Å². The van der Waals surface area contributed by atoms with Gasteiger partial charge in [0.2, 0.25) is 5.43 Å². The first-order valence-electron chi connectivity index (χ1n) is 7.26. The molecular weight excluding hydrogens is 296 g/mol.